The van der Waals surface area contributed by atoms with Gasteiger partial charge in [-0.1, -0.05) is 27.7 Å². The second kappa shape index (κ2) is 10.2. The number of rotatable bonds is 6. The van der Waals surface area contributed by atoms with Gasteiger partial charge in [-0.25, -0.2) is 23.5 Å². The number of aliphatic imine (C=N–C) groups is 1. The zero-order valence-corrected chi connectivity index (χ0v) is 19.3. The molecule has 2 amide bonds. The molecule has 1 aromatic rings. The van der Waals surface area contributed by atoms with Crippen LogP contribution in [0, 0.1) is 5.82 Å². The molecule has 0 bridgehead atoms. The van der Waals surface area contributed by atoms with E-state index in [1.165, 1.54) is 12.1 Å². The fourth-order valence-electron chi connectivity index (χ4n) is 3.10. The van der Waals surface area contributed by atoms with Crippen LogP contribution in [0.3, 0.4) is 0 Å². The van der Waals surface area contributed by atoms with Gasteiger partial charge in [0.05, 0.1) is 12.6 Å². The summed E-state index contributed by atoms with van der Waals surface area (Å²) < 4.78 is 36.3. The fraction of sp³-hybridized carbons (Fsp3) is 0.500. The van der Waals surface area contributed by atoms with E-state index in [0.717, 1.165) is 6.20 Å². The summed E-state index contributed by atoms with van der Waals surface area (Å²) in [5, 5.41) is 11.5. The Balaban J connectivity index is 2.40. The van der Waals surface area contributed by atoms with Crippen molar-refractivity contribution in [1.82, 2.24) is 5.32 Å². The zero-order chi connectivity index (χ0) is 23.3. The number of likely N-dealkylation sites (N-methyl/N-ethyl adjacent to an activating group) is 1. The molecule has 9 nitrogen and oxygen atoms in total. The molecule has 6 N–H and O–H groups in total. The fourth-order valence-corrected chi connectivity index (χ4v) is 4.05. The highest BCUT2D eigenvalue weighted by Gasteiger charge is 2.25. The number of urea groups is 1. The Labute approximate surface area is 182 Å². The van der Waals surface area contributed by atoms with Gasteiger partial charge in [-0.05, 0) is 42.1 Å². The van der Waals surface area contributed by atoms with Gasteiger partial charge in [0.25, 0.3) is 0 Å². The molecule has 1 aliphatic rings. The van der Waals surface area contributed by atoms with E-state index in [1.807, 2.05) is 27.7 Å². The first kappa shape index (κ1) is 24.8. The van der Waals surface area contributed by atoms with Crippen molar-refractivity contribution >= 4 is 27.5 Å². The highest BCUT2D eigenvalue weighted by atomic mass is 32.2. The van der Waals surface area contributed by atoms with Gasteiger partial charge in [-0.15, -0.1) is 4.36 Å². The standard InChI is InChI=1S/C20H31FN6O3S/c1-11(2)15-6-13(21)7-16(12(3)4)18(15)26-20(28)27-31(23,29)17(8-22)19-25-9-14(24-5)10-30-19/h6-8,11-12,14,24H,9-10,22H2,1-5H3,(H3,23,26,27,28,29)/t14-,31?/m0/s1. The zero-order valence-electron chi connectivity index (χ0n) is 18.4. The highest BCUT2D eigenvalue weighted by Crippen LogP contribution is 2.33. The van der Waals surface area contributed by atoms with Crippen LogP contribution in [-0.4, -0.2) is 42.4 Å². The molecule has 11 heteroatoms. The van der Waals surface area contributed by atoms with Crippen molar-refractivity contribution in [3.63, 3.8) is 0 Å². The van der Waals surface area contributed by atoms with Crippen molar-refractivity contribution in [3.8, 4) is 0 Å². The average molecular weight is 455 g/mol. The van der Waals surface area contributed by atoms with Crippen LogP contribution in [0.25, 0.3) is 0 Å². The van der Waals surface area contributed by atoms with E-state index in [0.29, 0.717) is 23.4 Å². The van der Waals surface area contributed by atoms with Crippen LogP contribution in [0.2, 0.25) is 0 Å². The van der Waals surface area contributed by atoms with Crippen LogP contribution in [0.5, 0.6) is 0 Å². The van der Waals surface area contributed by atoms with Crippen LogP contribution >= 0.6 is 0 Å². The summed E-state index contributed by atoms with van der Waals surface area (Å²) in [6.07, 6.45) is 0.981. The van der Waals surface area contributed by atoms with E-state index >= 15 is 0 Å². The van der Waals surface area contributed by atoms with Gasteiger partial charge in [-0.3, -0.25) is 0 Å². The van der Waals surface area contributed by atoms with E-state index < -0.39 is 21.8 Å². The minimum Gasteiger partial charge on any atom is -0.475 e. The number of amides is 2. The molecular weight excluding hydrogens is 423 g/mol. The maximum Gasteiger partial charge on any atom is 0.354 e. The first-order chi connectivity index (χ1) is 14.5. The maximum absolute atomic E-state index is 14.1. The lowest BCUT2D eigenvalue weighted by atomic mass is 9.92. The van der Waals surface area contributed by atoms with E-state index in [1.54, 1.807) is 7.05 Å². The smallest absolute Gasteiger partial charge is 0.354 e. The summed E-state index contributed by atoms with van der Waals surface area (Å²) in [6.45, 7) is 8.16. The number of carbonyl (C=O) groups excluding carboxylic acids is 1. The lowest BCUT2D eigenvalue weighted by Crippen LogP contribution is -2.39. The number of nitrogens with zero attached hydrogens (tertiary/aromatic N) is 2. The minimum absolute atomic E-state index is 0.000719. The molecular formula is C20H31FN6O3S. The largest absolute Gasteiger partial charge is 0.475 e. The molecule has 0 spiro atoms. The van der Waals surface area contributed by atoms with Gasteiger partial charge in [-0.2, -0.15) is 0 Å². The molecule has 2 rings (SSSR count). The molecule has 0 radical (unpaired) electrons. The van der Waals surface area contributed by atoms with E-state index in [-0.39, 0.29) is 35.3 Å². The number of nitrogens with two attached hydrogens (primary N) is 2. The number of ether oxygens (including phenoxy) is 1. The highest BCUT2D eigenvalue weighted by molar-refractivity contribution is 7.96. The Bertz CT molecular complexity index is 983. The second-order valence-corrected chi connectivity index (χ2v) is 9.59. The molecule has 31 heavy (non-hydrogen) atoms. The predicted octanol–water partition coefficient (Wildman–Crippen LogP) is 2.76. The number of anilines is 1. The van der Waals surface area contributed by atoms with Gasteiger partial charge in [0, 0.05) is 11.9 Å². The van der Waals surface area contributed by atoms with Crippen LogP contribution in [0.4, 0.5) is 14.9 Å². The van der Waals surface area contributed by atoms with Crippen molar-refractivity contribution in [3.05, 3.63) is 40.2 Å². The number of hydrogen-bond acceptors (Lipinski definition) is 6. The number of nitrogens with one attached hydrogen (secondary N) is 2. The Morgan fingerprint density at radius 2 is 1.90 bits per heavy atom. The summed E-state index contributed by atoms with van der Waals surface area (Å²) in [7, 11) is -1.97. The average Bonchev–Trinajstić information content (AvgIpc) is 2.69. The summed E-state index contributed by atoms with van der Waals surface area (Å²) in [5.74, 6) is -0.554. The van der Waals surface area contributed by atoms with Crippen molar-refractivity contribution in [2.24, 2.45) is 20.2 Å². The third kappa shape index (κ3) is 6.02. The number of benzene rings is 1. The van der Waals surface area contributed by atoms with E-state index in [9.17, 15) is 13.4 Å². The molecule has 0 aromatic heterocycles. The summed E-state index contributed by atoms with van der Waals surface area (Å²) in [4.78, 5) is 16.7. The molecule has 0 fully saturated rings. The van der Waals surface area contributed by atoms with Crippen LogP contribution in [-0.2, 0) is 14.7 Å². The molecule has 0 saturated heterocycles. The van der Waals surface area contributed by atoms with Crippen LogP contribution < -0.4 is 21.5 Å². The monoisotopic (exact) mass is 454 g/mol. The lowest BCUT2D eigenvalue weighted by molar-refractivity contribution is 0.244. The number of halogens is 1. The molecule has 1 heterocycles. The van der Waals surface area contributed by atoms with Gasteiger partial charge in [0.1, 0.15) is 17.3 Å². The van der Waals surface area contributed by atoms with Gasteiger partial charge < -0.3 is 21.1 Å². The van der Waals surface area contributed by atoms with Gasteiger partial charge >= 0.3 is 6.03 Å². The lowest BCUT2D eigenvalue weighted by Gasteiger charge is -2.23. The first-order valence-corrected chi connectivity index (χ1v) is 11.5. The normalized spacial score (nSPS) is 18.9. The van der Waals surface area contributed by atoms with Crippen molar-refractivity contribution in [1.29, 1.82) is 0 Å². The quantitative estimate of drug-likeness (QED) is 0.522. The molecule has 1 unspecified atom stereocenters. The maximum atomic E-state index is 14.1. The van der Waals surface area contributed by atoms with Crippen LogP contribution in [0.1, 0.15) is 50.7 Å². The first-order valence-electron chi connectivity index (χ1n) is 9.96. The van der Waals surface area contributed by atoms with Crippen LogP contribution in [0.15, 0.2) is 32.6 Å². The molecule has 172 valence electrons. The summed E-state index contributed by atoms with van der Waals surface area (Å²) >= 11 is 0. The van der Waals surface area contributed by atoms with Gasteiger partial charge in [0.15, 0.2) is 9.92 Å². The second-order valence-electron chi connectivity index (χ2n) is 7.83. The summed E-state index contributed by atoms with van der Waals surface area (Å²) in [5.41, 5.74) is 7.23. The number of carbonyl (C=O) groups is 1. The molecule has 1 aliphatic heterocycles. The van der Waals surface area contributed by atoms with E-state index in [2.05, 4.69) is 20.0 Å². The number of hydrogen-bond donors (Lipinski definition) is 4. The van der Waals surface area contributed by atoms with Gasteiger partial charge in [0.2, 0.25) is 5.90 Å². The molecule has 0 aliphatic carbocycles. The van der Waals surface area contributed by atoms with E-state index in [4.69, 9.17) is 15.6 Å². The Morgan fingerprint density at radius 1 is 1.32 bits per heavy atom. The Hall–Kier alpha value is -2.50. The third-order valence-electron chi connectivity index (χ3n) is 4.82. The van der Waals surface area contributed by atoms with Crippen molar-refractivity contribution in [2.75, 3.05) is 25.5 Å². The van der Waals surface area contributed by atoms with Crippen molar-refractivity contribution < 1.29 is 18.1 Å². The van der Waals surface area contributed by atoms with Crippen molar-refractivity contribution in [2.45, 2.75) is 45.6 Å². The summed E-state index contributed by atoms with van der Waals surface area (Å²) in [6, 6.07) is 1.78. The SMILES string of the molecule is CN[C@H]1CN=C(C(=CN)S(N)(=O)=NC(=O)Nc2c(C(C)C)cc(F)cc2C(C)C)OC1. The molecule has 1 aromatic carbocycles. The topological polar surface area (TPSA) is 144 Å². The Kier molecular flexibility index (Phi) is 8.15. The third-order valence-corrected chi connectivity index (χ3v) is 6.20. The molecule has 0 saturated carbocycles. The molecule has 2 atom stereocenters. The minimum atomic E-state index is -3.74. The Morgan fingerprint density at radius 3 is 2.32 bits per heavy atom. The predicted molar refractivity (Wildman–Crippen MR) is 122 cm³/mol.